The van der Waals surface area contributed by atoms with Crippen LogP contribution in [0, 0.1) is 0 Å². The van der Waals surface area contributed by atoms with Gasteiger partial charge < -0.3 is 19.7 Å². The molecule has 3 rings (SSSR count). The molecule has 35 heavy (non-hydrogen) atoms. The first-order valence-corrected chi connectivity index (χ1v) is 11.2. The molecule has 2 aromatic heterocycles. The third-order valence-corrected chi connectivity index (χ3v) is 6.04. The van der Waals surface area contributed by atoms with Gasteiger partial charge in [-0.3, -0.25) is 9.53 Å². The van der Waals surface area contributed by atoms with E-state index in [1.165, 1.54) is 17.3 Å². The van der Waals surface area contributed by atoms with Crippen LogP contribution < -0.4 is 10.1 Å². The average molecular weight is 529 g/mol. The van der Waals surface area contributed by atoms with Crippen molar-refractivity contribution < 1.29 is 50.1 Å². The molecule has 0 bridgehead atoms. The molecule has 1 fully saturated rings. The van der Waals surface area contributed by atoms with E-state index in [0.29, 0.717) is 0 Å². The maximum absolute atomic E-state index is 13.6. The third-order valence-electron chi connectivity index (χ3n) is 5.04. The van der Waals surface area contributed by atoms with Crippen molar-refractivity contribution >= 4 is 33.6 Å². The van der Waals surface area contributed by atoms with Gasteiger partial charge in [-0.1, -0.05) is 0 Å². The van der Waals surface area contributed by atoms with Crippen molar-refractivity contribution in [1.82, 2.24) is 15.2 Å². The van der Waals surface area contributed by atoms with Gasteiger partial charge in [0.05, 0.1) is 27.4 Å². The first-order chi connectivity index (χ1) is 16.3. The van der Waals surface area contributed by atoms with Crippen molar-refractivity contribution in [1.29, 1.82) is 0 Å². The minimum absolute atomic E-state index is 0.00949. The highest BCUT2D eigenvalue weighted by molar-refractivity contribution is 7.17. The third kappa shape index (κ3) is 6.87. The first-order valence-electron chi connectivity index (χ1n) is 10.3. The lowest BCUT2D eigenvalue weighted by Gasteiger charge is -2.31. The number of alkyl halides is 6. The smallest absolute Gasteiger partial charge is 0.474 e. The maximum Gasteiger partial charge on any atom is 0.522 e. The fourth-order valence-electron chi connectivity index (χ4n) is 3.42. The minimum Gasteiger partial charge on any atom is -0.474 e. The molecule has 1 aliphatic heterocycles. The van der Waals surface area contributed by atoms with Crippen LogP contribution in [0.1, 0.15) is 35.7 Å². The predicted octanol–water partition coefficient (Wildman–Crippen LogP) is 4.58. The van der Waals surface area contributed by atoms with E-state index in [1.54, 1.807) is 0 Å². The van der Waals surface area contributed by atoms with E-state index < -0.39 is 48.9 Å². The Labute approximate surface area is 199 Å². The highest BCUT2D eigenvalue weighted by Crippen LogP contribution is 2.40. The van der Waals surface area contributed by atoms with E-state index in [1.807, 2.05) is 0 Å². The van der Waals surface area contributed by atoms with Crippen molar-refractivity contribution in [2.75, 3.05) is 26.7 Å². The topological polar surface area (TPSA) is 90.0 Å². The highest BCUT2D eigenvalue weighted by atomic mass is 32.1. The quantitative estimate of drug-likeness (QED) is 0.552. The van der Waals surface area contributed by atoms with Crippen molar-refractivity contribution in [3.05, 3.63) is 22.6 Å². The SMILES string of the molecule is CNC(=O)c1csc2c(C(F)(F)F)cc(OC3CCN(C(=O)OCC(C)OC(F)(F)F)CC3)nc12. The van der Waals surface area contributed by atoms with Crippen molar-refractivity contribution in [3.63, 3.8) is 0 Å². The normalized spacial score (nSPS) is 16.3. The number of fused-ring (bicyclic) bond motifs is 1. The molecule has 1 saturated heterocycles. The van der Waals surface area contributed by atoms with Crippen LogP contribution in [-0.4, -0.2) is 67.2 Å². The number of ether oxygens (including phenoxy) is 3. The van der Waals surface area contributed by atoms with Crippen molar-refractivity contribution in [3.8, 4) is 5.88 Å². The molecule has 1 N–H and O–H groups in total. The van der Waals surface area contributed by atoms with Crippen LogP contribution in [0.15, 0.2) is 11.4 Å². The number of nitrogens with one attached hydrogen (secondary N) is 1. The summed E-state index contributed by atoms with van der Waals surface area (Å²) in [5.74, 6) is -0.900. The molecule has 0 aromatic carbocycles. The van der Waals surface area contributed by atoms with Crippen molar-refractivity contribution in [2.24, 2.45) is 0 Å². The van der Waals surface area contributed by atoms with Crippen LogP contribution in [0.25, 0.3) is 10.2 Å². The van der Waals surface area contributed by atoms with E-state index in [2.05, 4.69) is 15.0 Å². The fourth-order valence-corrected chi connectivity index (χ4v) is 4.44. The summed E-state index contributed by atoms with van der Waals surface area (Å²) in [6, 6.07) is 0.773. The zero-order valence-corrected chi connectivity index (χ0v) is 19.3. The highest BCUT2D eigenvalue weighted by Gasteiger charge is 2.36. The van der Waals surface area contributed by atoms with Gasteiger partial charge in [0, 0.05) is 44.4 Å². The Kier molecular flexibility index (Phi) is 7.99. The fraction of sp³-hybridized carbons (Fsp3) is 0.550. The first kappa shape index (κ1) is 26.8. The van der Waals surface area contributed by atoms with Crippen LogP contribution in [0.5, 0.6) is 5.88 Å². The molecule has 2 amide bonds. The van der Waals surface area contributed by atoms with E-state index >= 15 is 0 Å². The molecule has 2 aromatic rings. The summed E-state index contributed by atoms with van der Waals surface area (Å²) < 4.78 is 91.4. The second-order valence-electron chi connectivity index (χ2n) is 7.67. The summed E-state index contributed by atoms with van der Waals surface area (Å²) in [6.07, 6.45) is -11.9. The largest absolute Gasteiger partial charge is 0.522 e. The number of thiophene rings is 1. The lowest BCUT2D eigenvalue weighted by molar-refractivity contribution is -0.342. The molecule has 8 nitrogen and oxygen atoms in total. The van der Waals surface area contributed by atoms with E-state index in [4.69, 9.17) is 9.47 Å². The van der Waals surface area contributed by atoms with E-state index in [-0.39, 0.29) is 47.6 Å². The molecule has 0 radical (unpaired) electrons. The zero-order valence-electron chi connectivity index (χ0n) is 18.5. The summed E-state index contributed by atoms with van der Waals surface area (Å²) in [6.45, 7) is 0.707. The zero-order chi connectivity index (χ0) is 26.0. The summed E-state index contributed by atoms with van der Waals surface area (Å²) in [5, 5.41) is 3.65. The summed E-state index contributed by atoms with van der Waals surface area (Å²) in [7, 11) is 1.35. The maximum atomic E-state index is 13.6. The summed E-state index contributed by atoms with van der Waals surface area (Å²) in [5.41, 5.74) is -1.12. The number of carbonyl (C=O) groups excluding carboxylic acids is 2. The van der Waals surface area contributed by atoms with Crippen LogP contribution in [-0.2, 0) is 15.7 Å². The Hall–Kier alpha value is -2.81. The van der Waals surface area contributed by atoms with Gasteiger partial charge in [0.1, 0.15) is 12.7 Å². The molecule has 15 heteroatoms. The number of amides is 2. The van der Waals surface area contributed by atoms with Gasteiger partial charge in [-0.2, -0.15) is 13.2 Å². The molecule has 0 spiro atoms. The Morgan fingerprint density at radius 1 is 1.23 bits per heavy atom. The van der Waals surface area contributed by atoms with Gasteiger partial charge in [0.2, 0.25) is 5.88 Å². The van der Waals surface area contributed by atoms with Gasteiger partial charge in [-0.15, -0.1) is 24.5 Å². The van der Waals surface area contributed by atoms with Crippen molar-refractivity contribution in [2.45, 2.75) is 44.5 Å². The molecule has 1 atom stereocenters. The number of rotatable bonds is 6. The Balaban J connectivity index is 1.64. The lowest BCUT2D eigenvalue weighted by atomic mass is 10.1. The number of hydrogen-bond acceptors (Lipinski definition) is 7. The number of halogens is 6. The number of nitrogens with zero attached hydrogens (tertiary/aromatic N) is 2. The predicted molar refractivity (Wildman–Crippen MR) is 111 cm³/mol. The van der Waals surface area contributed by atoms with Gasteiger partial charge in [0.15, 0.2) is 0 Å². The molecule has 1 unspecified atom stereocenters. The van der Waals surface area contributed by atoms with Crippen LogP contribution in [0.4, 0.5) is 31.1 Å². The molecule has 3 heterocycles. The Bertz CT molecular complexity index is 1070. The van der Waals surface area contributed by atoms with Crippen LogP contribution in [0.2, 0.25) is 0 Å². The Morgan fingerprint density at radius 2 is 1.89 bits per heavy atom. The second-order valence-corrected chi connectivity index (χ2v) is 8.55. The van der Waals surface area contributed by atoms with Gasteiger partial charge >= 0.3 is 18.6 Å². The monoisotopic (exact) mass is 529 g/mol. The van der Waals surface area contributed by atoms with E-state index in [0.717, 1.165) is 24.3 Å². The standard InChI is InChI=1S/C20H21F6N3O5S/c1-10(34-20(24,25)26)8-32-18(31)29-5-3-11(4-6-29)33-14-7-13(19(21,22)23)16-15(28-14)12(9-35-16)17(30)27-2/h7,9-11H,3-6,8H2,1-2H3,(H,27,30). The molecule has 0 saturated carbocycles. The second kappa shape index (κ2) is 10.4. The Morgan fingerprint density at radius 3 is 2.46 bits per heavy atom. The number of piperidine rings is 1. The number of hydrogen-bond donors (Lipinski definition) is 1. The van der Waals surface area contributed by atoms with Crippen LogP contribution in [0.3, 0.4) is 0 Å². The molecule has 0 aliphatic carbocycles. The van der Waals surface area contributed by atoms with Gasteiger partial charge in [-0.25, -0.2) is 9.78 Å². The molecule has 1 aliphatic rings. The minimum atomic E-state index is -4.85. The van der Waals surface area contributed by atoms with E-state index in [9.17, 15) is 35.9 Å². The summed E-state index contributed by atoms with van der Waals surface area (Å²) in [4.78, 5) is 29.5. The van der Waals surface area contributed by atoms with Crippen LogP contribution >= 0.6 is 11.3 Å². The summed E-state index contributed by atoms with van der Waals surface area (Å²) >= 11 is 0.751. The molecular weight excluding hydrogens is 508 g/mol. The number of carbonyl (C=O) groups is 2. The number of pyridine rings is 1. The molecular formula is C20H21F6N3O5S. The average Bonchev–Trinajstić information content (AvgIpc) is 3.19. The van der Waals surface area contributed by atoms with Gasteiger partial charge in [0.25, 0.3) is 5.91 Å². The lowest BCUT2D eigenvalue weighted by Crippen LogP contribution is -2.42. The number of aromatic nitrogens is 1. The van der Waals surface area contributed by atoms with Gasteiger partial charge in [-0.05, 0) is 6.92 Å². The molecule has 194 valence electrons. The number of likely N-dealkylation sites (tertiary alicyclic amines) is 1.